The lowest BCUT2D eigenvalue weighted by Gasteiger charge is -2.37. The summed E-state index contributed by atoms with van der Waals surface area (Å²) in [4.78, 5) is 44.5. The molecule has 1 fully saturated rings. The van der Waals surface area contributed by atoms with Crippen molar-refractivity contribution in [1.29, 1.82) is 0 Å². The van der Waals surface area contributed by atoms with Gasteiger partial charge in [0, 0.05) is 93.4 Å². The number of aromatic nitrogens is 6. The van der Waals surface area contributed by atoms with Gasteiger partial charge in [0.1, 0.15) is 0 Å². The number of carbonyl (C=O) groups is 1. The highest BCUT2D eigenvalue weighted by Crippen LogP contribution is 2.39. The average molecular weight is 782 g/mol. The van der Waals surface area contributed by atoms with Crippen molar-refractivity contribution in [1.82, 2.24) is 34.4 Å². The third kappa shape index (κ3) is 7.40. The number of pyridine rings is 2. The number of imidazole rings is 1. The molecule has 0 amide bonds. The van der Waals surface area contributed by atoms with Gasteiger partial charge in [-0.25, -0.2) is 24.5 Å². The SMILES string of the molecule is COc1ccc(-c2ccc3ncc4c(c3c2)n(-c2ccc(N3CCN(c5ncc6c(n5)CCNC6)CC3)c(C(F)(F)F)c2)c(=O)n4C)cn1.O=C(O)C(F)(F)F. The molecule has 292 valence electrons. The lowest BCUT2D eigenvalue weighted by molar-refractivity contribution is -0.192. The highest BCUT2D eigenvalue weighted by Gasteiger charge is 2.38. The van der Waals surface area contributed by atoms with Crippen molar-refractivity contribution >= 4 is 39.5 Å². The number of benzene rings is 2. The molecule has 0 bridgehead atoms. The number of hydrogen-bond donors (Lipinski definition) is 2. The zero-order valence-corrected chi connectivity index (χ0v) is 29.8. The minimum absolute atomic E-state index is 0.0717. The van der Waals surface area contributed by atoms with Crippen LogP contribution in [0.1, 0.15) is 16.8 Å². The van der Waals surface area contributed by atoms with Gasteiger partial charge in [0.05, 0.1) is 46.8 Å². The van der Waals surface area contributed by atoms with E-state index in [1.54, 1.807) is 36.5 Å². The van der Waals surface area contributed by atoms with E-state index in [0.29, 0.717) is 59.9 Å². The van der Waals surface area contributed by atoms with Crippen molar-refractivity contribution < 1.29 is 41.0 Å². The first kappa shape index (κ1) is 38.1. The second kappa shape index (κ2) is 14.8. The highest BCUT2D eigenvalue weighted by atomic mass is 19.4. The lowest BCUT2D eigenvalue weighted by atomic mass is 10.0. The minimum atomic E-state index is -5.08. The van der Waals surface area contributed by atoms with Crippen molar-refractivity contribution in [3.05, 3.63) is 94.4 Å². The summed E-state index contributed by atoms with van der Waals surface area (Å²) in [5, 5.41) is 11.1. The van der Waals surface area contributed by atoms with Gasteiger partial charge in [-0.2, -0.15) is 26.3 Å². The number of nitrogens with zero attached hydrogens (tertiary/aromatic N) is 8. The first-order valence-corrected chi connectivity index (χ1v) is 17.2. The van der Waals surface area contributed by atoms with Gasteiger partial charge in [-0.1, -0.05) is 6.07 Å². The third-order valence-corrected chi connectivity index (χ3v) is 9.65. The van der Waals surface area contributed by atoms with E-state index in [2.05, 4.69) is 20.3 Å². The monoisotopic (exact) mass is 781 g/mol. The number of nitrogens with one attached hydrogen (secondary N) is 1. The van der Waals surface area contributed by atoms with Crippen molar-refractivity contribution in [2.24, 2.45) is 7.05 Å². The fourth-order valence-electron chi connectivity index (χ4n) is 6.78. The minimum Gasteiger partial charge on any atom is -0.481 e. The standard InChI is InChI=1S/C35H32F3N9O2.C2HF3O2/c1-44-30-20-40-28-6-3-21(22-4-8-31(49-2)41-18-22)15-25(28)32(30)47(34(44)48)24-5-7-29(26(16-24)35(36,37)38)45-11-13-46(14-12-45)33-42-19-23-17-39-10-9-27(23)43-33;3-2(4,5)1(6)7/h3-8,15-16,18-20,39H,9-14,17H2,1-2H3;(H,6,7). The highest BCUT2D eigenvalue weighted by molar-refractivity contribution is 6.04. The molecule has 0 spiro atoms. The zero-order chi connectivity index (χ0) is 39.9. The molecular formula is C37H33F6N9O4. The van der Waals surface area contributed by atoms with Gasteiger partial charge in [-0.3, -0.25) is 14.1 Å². The van der Waals surface area contributed by atoms with Crippen LogP contribution in [-0.2, 0) is 31.0 Å². The largest absolute Gasteiger partial charge is 0.490 e. The molecule has 56 heavy (non-hydrogen) atoms. The number of piperazine rings is 1. The molecule has 19 heteroatoms. The average Bonchev–Trinajstić information content (AvgIpc) is 3.46. The van der Waals surface area contributed by atoms with Gasteiger partial charge in [0.15, 0.2) is 0 Å². The van der Waals surface area contributed by atoms with Crippen molar-refractivity contribution in [3.63, 3.8) is 0 Å². The number of carboxylic acid groups (broad SMARTS) is 1. The molecule has 1 saturated heterocycles. The van der Waals surface area contributed by atoms with E-state index in [9.17, 15) is 31.1 Å². The van der Waals surface area contributed by atoms with Crippen LogP contribution in [0.15, 0.2) is 71.9 Å². The Morgan fingerprint density at radius 3 is 2.25 bits per heavy atom. The van der Waals surface area contributed by atoms with Crippen LogP contribution in [0.4, 0.5) is 38.0 Å². The van der Waals surface area contributed by atoms with Crippen LogP contribution in [0.25, 0.3) is 38.8 Å². The molecule has 8 rings (SSSR count). The molecule has 2 aromatic carbocycles. The molecule has 6 heterocycles. The number of ether oxygens (including phenoxy) is 1. The van der Waals surface area contributed by atoms with Gasteiger partial charge >= 0.3 is 24.0 Å². The third-order valence-electron chi connectivity index (χ3n) is 9.65. The predicted molar refractivity (Wildman–Crippen MR) is 194 cm³/mol. The van der Waals surface area contributed by atoms with Crippen molar-refractivity contribution in [2.45, 2.75) is 25.3 Å². The number of carboxylic acids is 1. The molecule has 2 aliphatic heterocycles. The Hall–Kier alpha value is -6.24. The van der Waals surface area contributed by atoms with Gasteiger partial charge in [0.25, 0.3) is 0 Å². The second-order valence-electron chi connectivity index (χ2n) is 13.0. The summed E-state index contributed by atoms with van der Waals surface area (Å²) < 4.78 is 84.0. The summed E-state index contributed by atoms with van der Waals surface area (Å²) in [6.45, 7) is 3.26. The van der Waals surface area contributed by atoms with Gasteiger partial charge in [-0.05, 0) is 42.0 Å². The van der Waals surface area contributed by atoms with Crippen molar-refractivity contribution in [2.75, 3.05) is 49.6 Å². The Balaban J connectivity index is 0.000000629. The number of fused-ring (bicyclic) bond motifs is 4. The van der Waals surface area contributed by atoms with E-state index in [-0.39, 0.29) is 11.4 Å². The first-order chi connectivity index (χ1) is 26.6. The number of anilines is 2. The maximum Gasteiger partial charge on any atom is 0.490 e. The fourth-order valence-corrected chi connectivity index (χ4v) is 6.78. The number of hydrogen-bond acceptors (Lipinski definition) is 10. The maximum atomic E-state index is 14.8. The van der Waals surface area contributed by atoms with Crippen LogP contribution in [0.5, 0.6) is 5.88 Å². The van der Waals surface area contributed by atoms with Crippen LogP contribution in [-0.4, -0.2) is 86.2 Å². The number of aliphatic carboxylic acids is 1. The first-order valence-electron chi connectivity index (χ1n) is 17.2. The molecular weight excluding hydrogens is 748 g/mol. The predicted octanol–water partition coefficient (Wildman–Crippen LogP) is 5.36. The Morgan fingerprint density at radius 2 is 1.59 bits per heavy atom. The molecule has 13 nitrogen and oxygen atoms in total. The molecule has 0 aliphatic carbocycles. The van der Waals surface area contributed by atoms with Gasteiger partial charge in [-0.15, -0.1) is 0 Å². The van der Waals surface area contributed by atoms with E-state index >= 15 is 0 Å². The quantitative estimate of drug-likeness (QED) is 0.218. The Kier molecular flexibility index (Phi) is 10.0. The number of halogens is 6. The van der Waals surface area contributed by atoms with E-state index in [0.717, 1.165) is 48.0 Å². The van der Waals surface area contributed by atoms with Crippen LogP contribution in [0, 0.1) is 0 Å². The number of methoxy groups -OCH3 is 1. The van der Waals surface area contributed by atoms with Gasteiger partial charge in [0.2, 0.25) is 11.8 Å². The molecule has 2 N–H and O–H groups in total. The summed E-state index contributed by atoms with van der Waals surface area (Å²) in [6, 6.07) is 13.3. The number of rotatable bonds is 5. The molecule has 0 atom stereocenters. The van der Waals surface area contributed by atoms with E-state index in [4.69, 9.17) is 19.6 Å². The molecule has 0 saturated carbocycles. The summed E-state index contributed by atoms with van der Waals surface area (Å²) in [7, 11) is 3.13. The lowest BCUT2D eigenvalue weighted by Crippen LogP contribution is -2.47. The Labute approximate surface area is 313 Å². The maximum absolute atomic E-state index is 14.8. The fraction of sp³-hybridized carbons (Fsp3) is 0.297. The smallest absolute Gasteiger partial charge is 0.481 e. The zero-order valence-electron chi connectivity index (χ0n) is 29.8. The van der Waals surface area contributed by atoms with E-state index in [1.165, 1.54) is 22.3 Å². The summed E-state index contributed by atoms with van der Waals surface area (Å²) >= 11 is 0. The van der Waals surface area contributed by atoms with Crippen LogP contribution >= 0.6 is 0 Å². The van der Waals surface area contributed by atoms with Crippen LogP contribution < -0.4 is 25.5 Å². The normalized spacial score (nSPS) is 14.7. The molecule has 0 unspecified atom stereocenters. The summed E-state index contributed by atoms with van der Waals surface area (Å²) in [5.74, 6) is -1.68. The van der Waals surface area contributed by atoms with E-state index in [1.807, 2.05) is 35.4 Å². The van der Waals surface area contributed by atoms with Crippen LogP contribution in [0.3, 0.4) is 0 Å². The van der Waals surface area contributed by atoms with Crippen molar-refractivity contribution in [3.8, 4) is 22.7 Å². The van der Waals surface area contributed by atoms with Gasteiger partial charge < -0.3 is 25.0 Å². The van der Waals surface area contributed by atoms with E-state index < -0.39 is 29.6 Å². The Bertz CT molecular complexity index is 2490. The molecule has 6 aromatic rings. The summed E-state index contributed by atoms with van der Waals surface area (Å²) in [6.07, 6.45) is -3.84. The number of aryl methyl sites for hydroxylation is 1. The second-order valence-corrected chi connectivity index (χ2v) is 13.0. The Morgan fingerprint density at radius 1 is 0.875 bits per heavy atom. The topological polar surface area (TPSA) is 144 Å². The number of alkyl halides is 6. The van der Waals surface area contributed by atoms with Crippen LogP contribution in [0.2, 0.25) is 0 Å². The molecule has 0 radical (unpaired) electrons. The summed E-state index contributed by atoms with van der Waals surface area (Å²) in [5.41, 5.74) is 4.19. The molecule has 4 aromatic heterocycles. The molecule has 2 aliphatic rings.